The number of carbonyl (C=O) groups is 2. The summed E-state index contributed by atoms with van der Waals surface area (Å²) < 4.78 is 6.76. The third kappa shape index (κ3) is 3.58. The Morgan fingerprint density at radius 2 is 2.30 bits per heavy atom. The highest BCUT2D eigenvalue weighted by molar-refractivity contribution is 5.91. The van der Waals surface area contributed by atoms with E-state index in [4.69, 9.17) is 4.74 Å². The van der Waals surface area contributed by atoms with E-state index < -0.39 is 23.6 Å². The first kappa shape index (κ1) is 20.1. The third-order valence-corrected chi connectivity index (χ3v) is 5.37. The minimum Gasteiger partial charge on any atom is -0.461 e. The molecule has 0 spiro atoms. The topological polar surface area (TPSA) is 114 Å². The van der Waals surface area contributed by atoms with E-state index in [2.05, 4.69) is 22.3 Å². The van der Waals surface area contributed by atoms with Gasteiger partial charge in [0.2, 0.25) is 5.60 Å². The molecule has 8 heteroatoms. The van der Waals surface area contributed by atoms with Crippen molar-refractivity contribution >= 4 is 11.9 Å². The predicted molar refractivity (Wildman–Crippen MR) is 107 cm³/mol. The number of hydrogen-bond acceptors (Lipinski definition) is 6. The van der Waals surface area contributed by atoms with E-state index in [0.29, 0.717) is 36.2 Å². The quantitative estimate of drug-likeness (QED) is 0.515. The molecule has 1 fully saturated rings. The molecule has 2 unspecified atom stereocenters. The molecule has 1 aliphatic heterocycles. The summed E-state index contributed by atoms with van der Waals surface area (Å²) in [6, 6.07) is 7.15. The summed E-state index contributed by atoms with van der Waals surface area (Å²) in [5, 5.41) is 27.8. The van der Waals surface area contributed by atoms with Crippen LogP contribution < -0.4 is 5.32 Å². The van der Waals surface area contributed by atoms with Crippen LogP contribution in [0.25, 0.3) is 5.69 Å². The van der Waals surface area contributed by atoms with E-state index in [1.807, 2.05) is 6.07 Å². The zero-order valence-electron chi connectivity index (χ0n) is 16.6. The van der Waals surface area contributed by atoms with E-state index in [9.17, 15) is 19.8 Å². The Labute approximate surface area is 173 Å². The van der Waals surface area contributed by atoms with Crippen molar-refractivity contribution in [3.63, 3.8) is 0 Å². The summed E-state index contributed by atoms with van der Waals surface area (Å²) in [7, 11) is 0. The molecule has 1 saturated heterocycles. The number of esters is 1. The van der Waals surface area contributed by atoms with E-state index in [1.54, 1.807) is 29.8 Å². The minimum atomic E-state index is -1.68. The van der Waals surface area contributed by atoms with Gasteiger partial charge < -0.3 is 20.3 Å². The van der Waals surface area contributed by atoms with Crippen LogP contribution in [0.1, 0.15) is 59.6 Å². The highest BCUT2D eigenvalue weighted by Gasteiger charge is 2.38. The van der Waals surface area contributed by atoms with Gasteiger partial charge in [0.1, 0.15) is 0 Å². The minimum absolute atomic E-state index is 0.132. The number of nitrogens with zero attached hydrogens (tertiary/aromatic N) is 2. The van der Waals surface area contributed by atoms with Crippen LogP contribution in [0.3, 0.4) is 0 Å². The second-order valence-electron chi connectivity index (χ2n) is 7.42. The Bertz CT molecular complexity index is 1060. The maximum Gasteiger partial charge on any atom is 0.359 e. The largest absolute Gasteiger partial charge is 0.461 e. The number of rotatable bonds is 3. The summed E-state index contributed by atoms with van der Waals surface area (Å²) in [5.41, 5.74) is 1.02. The van der Waals surface area contributed by atoms with Crippen LogP contribution in [0.15, 0.2) is 24.3 Å². The van der Waals surface area contributed by atoms with Gasteiger partial charge in [-0.15, -0.1) is 0 Å². The fourth-order valence-corrected chi connectivity index (χ4v) is 3.85. The van der Waals surface area contributed by atoms with Crippen LogP contribution in [0.4, 0.5) is 0 Å². The van der Waals surface area contributed by atoms with E-state index in [0.717, 1.165) is 12.1 Å². The first-order chi connectivity index (χ1) is 14.4. The molecule has 0 bridgehead atoms. The van der Waals surface area contributed by atoms with Crippen molar-refractivity contribution in [3.8, 4) is 17.5 Å². The Morgan fingerprint density at radius 3 is 3.03 bits per heavy atom. The average Bonchev–Trinajstić information content (AvgIpc) is 3.29. The lowest BCUT2D eigenvalue weighted by Gasteiger charge is -2.19. The average molecular weight is 409 g/mol. The molecule has 0 radical (unpaired) electrons. The number of benzene rings is 1. The molecular weight excluding hydrogens is 386 g/mol. The highest BCUT2D eigenvalue weighted by Crippen LogP contribution is 2.34. The van der Waals surface area contributed by atoms with Crippen LogP contribution in [0.5, 0.6) is 0 Å². The second kappa shape index (κ2) is 7.94. The molecule has 30 heavy (non-hydrogen) atoms. The van der Waals surface area contributed by atoms with Crippen LogP contribution in [-0.2, 0) is 16.0 Å². The van der Waals surface area contributed by atoms with E-state index in [-0.39, 0.29) is 18.7 Å². The first-order valence-corrected chi connectivity index (χ1v) is 10.0. The molecule has 0 saturated carbocycles. The number of aliphatic hydroxyl groups excluding tert-OH is 1. The SMILES string of the molecule is CCOC(=O)c1nn(-c2cccc(C#CC3(O)CCNC3=O)c2)c2c1C(O)CCC2. The summed E-state index contributed by atoms with van der Waals surface area (Å²) >= 11 is 0. The van der Waals surface area contributed by atoms with Gasteiger partial charge in [-0.05, 0) is 44.4 Å². The number of amides is 1. The summed E-state index contributed by atoms with van der Waals surface area (Å²) in [5.74, 6) is 4.48. The number of aromatic nitrogens is 2. The standard InChI is InChI=1S/C22H23N3O5/c1-2-30-20(27)19-18-16(7-4-8-17(18)26)25(24-19)15-6-3-5-14(13-15)9-10-22(29)11-12-23-21(22)28/h3,5-6,13,17,26,29H,2,4,7-8,11-12H2,1H3,(H,23,28). The van der Waals surface area contributed by atoms with Crippen molar-refractivity contribution in [2.24, 2.45) is 0 Å². The molecule has 156 valence electrons. The number of aliphatic hydroxyl groups is 2. The van der Waals surface area contributed by atoms with Crippen molar-refractivity contribution < 1.29 is 24.5 Å². The molecule has 2 atom stereocenters. The summed E-state index contributed by atoms with van der Waals surface area (Å²) in [6.45, 7) is 2.33. The molecule has 2 heterocycles. The van der Waals surface area contributed by atoms with Gasteiger partial charge in [-0.3, -0.25) is 4.79 Å². The fraction of sp³-hybridized carbons (Fsp3) is 0.409. The van der Waals surface area contributed by atoms with Crippen LogP contribution in [0, 0.1) is 11.8 Å². The molecule has 1 aromatic carbocycles. The number of fused-ring (bicyclic) bond motifs is 1. The van der Waals surface area contributed by atoms with Crippen LogP contribution in [-0.4, -0.2) is 50.6 Å². The van der Waals surface area contributed by atoms with Crippen molar-refractivity contribution in [2.45, 2.75) is 44.3 Å². The van der Waals surface area contributed by atoms with Gasteiger partial charge in [-0.1, -0.05) is 17.9 Å². The molecule has 3 N–H and O–H groups in total. The predicted octanol–water partition coefficient (Wildman–Crippen LogP) is 1.02. The fourth-order valence-electron chi connectivity index (χ4n) is 3.85. The monoisotopic (exact) mass is 409 g/mol. The summed E-state index contributed by atoms with van der Waals surface area (Å²) in [6.07, 6.45) is 1.50. The molecular formula is C22H23N3O5. The third-order valence-electron chi connectivity index (χ3n) is 5.37. The molecule has 2 aromatic rings. The van der Waals surface area contributed by atoms with Gasteiger partial charge in [-0.2, -0.15) is 5.10 Å². The summed E-state index contributed by atoms with van der Waals surface area (Å²) in [4.78, 5) is 24.2. The zero-order valence-corrected chi connectivity index (χ0v) is 16.6. The van der Waals surface area contributed by atoms with Crippen molar-refractivity contribution in [1.82, 2.24) is 15.1 Å². The maximum atomic E-state index is 12.4. The van der Waals surface area contributed by atoms with Gasteiger partial charge in [-0.25, -0.2) is 9.48 Å². The highest BCUT2D eigenvalue weighted by atomic mass is 16.5. The smallest absolute Gasteiger partial charge is 0.359 e. The normalized spacial score (nSPS) is 22.6. The van der Waals surface area contributed by atoms with Crippen molar-refractivity contribution in [2.75, 3.05) is 13.2 Å². The van der Waals surface area contributed by atoms with Gasteiger partial charge in [0.25, 0.3) is 5.91 Å². The zero-order chi connectivity index (χ0) is 21.3. The van der Waals surface area contributed by atoms with Crippen LogP contribution in [0.2, 0.25) is 0 Å². The van der Waals surface area contributed by atoms with Gasteiger partial charge in [0, 0.05) is 24.1 Å². The molecule has 8 nitrogen and oxygen atoms in total. The Kier molecular flexibility index (Phi) is 5.33. The number of nitrogens with one attached hydrogen (secondary N) is 1. The lowest BCUT2D eigenvalue weighted by molar-refractivity contribution is -0.130. The Balaban J connectivity index is 1.73. The van der Waals surface area contributed by atoms with Gasteiger partial charge in [0.05, 0.1) is 24.1 Å². The van der Waals surface area contributed by atoms with Crippen molar-refractivity contribution in [3.05, 3.63) is 46.8 Å². The van der Waals surface area contributed by atoms with Crippen LogP contribution >= 0.6 is 0 Å². The molecule has 1 aromatic heterocycles. The molecule has 4 rings (SSSR count). The van der Waals surface area contributed by atoms with E-state index >= 15 is 0 Å². The van der Waals surface area contributed by atoms with E-state index in [1.165, 1.54) is 0 Å². The Hall–Kier alpha value is -3.15. The molecule has 1 amide bonds. The lowest BCUT2D eigenvalue weighted by Crippen LogP contribution is -2.36. The maximum absolute atomic E-state index is 12.4. The number of carbonyl (C=O) groups excluding carboxylic acids is 2. The second-order valence-corrected chi connectivity index (χ2v) is 7.42. The van der Waals surface area contributed by atoms with Crippen molar-refractivity contribution in [1.29, 1.82) is 0 Å². The molecule has 2 aliphatic rings. The van der Waals surface area contributed by atoms with Gasteiger partial charge in [0.15, 0.2) is 5.69 Å². The molecule has 1 aliphatic carbocycles. The Morgan fingerprint density at radius 1 is 1.47 bits per heavy atom. The first-order valence-electron chi connectivity index (χ1n) is 10.0. The lowest BCUT2D eigenvalue weighted by atomic mass is 9.93. The van der Waals surface area contributed by atoms with Gasteiger partial charge >= 0.3 is 5.97 Å². The number of ether oxygens (including phenoxy) is 1. The number of hydrogen-bond donors (Lipinski definition) is 3.